The first-order valence-electron chi connectivity index (χ1n) is 3.14. The Morgan fingerprint density at radius 3 is 2.60 bits per heavy atom. The van der Waals surface area contributed by atoms with Crippen molar-refractivity contribution in [3.63, 3.8) is 0 Å². The summed E-state index contributed by atoms with van der Waals surface area (Å²) in [5.74, 6) is -0.766. The minimum atomic E-state index is -0.896. The maximum absolute atomic E-state index is 10.6. The first kappa shape index (κ1) is 6.99. The standard InChI is InChI=1S/C7H8O3/c8-6-3-1-5(2-4-6)7(9)10/h1H,2-4H2,(H,9,10). The van der Waals surface area contributed by atoms with Crippen LogP contribution in [0.2, 0.25) is 0 Å². The highest BCUT2D eigenvalue weighted by Crippen LogP contribution is 2.14. The van der Waals surface area contributed by atoms with Gasteiger partial charge in [0.15, 0.2) is 0 Å². The fourth-order valence-electron chi connectivity index (χ4n) is 0.909. The molecule has 0 fully saturated rings. The third kappa shape index (κ3) is 1.43. The average molecular weight is 140 g/mol. The third-order valence-electron chi connectivity index (χ3n) is 1.52. The van der Waals surface area contributed by atoms with Gasteiger partial charge in [-0.25, -0.2) is 4.79 Å². The Bertz CT molecular complexity index is 203. The molecule has 0 unspecified atom stereocenters. The summed E-state index contributed by atoms with van der Waals surface area (Å²) in [6.07, 6.45) is 2.57. The largest absolute Gasteiger partial charge is 0.478 e. The molecule has 1 aliphatic rings. The van der Waals surface area contributed by atoms with Gasteiger partial charge in [0.2, 0.25) is 0 Å². The molecule has 1 rings (SSSR count). The predicted molar refractivity (Wildman–Crippen MR) is 34.6 cm³/mol. The lowest BCUT2D eigenvalue weighted by Crippen LogP contribution is -2.09. The molecule has 0 bridgehead atoms. The van der Waals surface area contributed by atoms with Gasteiger partial charge in [-0.2, -0.15) is 0 Å². The molecular formula is C7H8O3. The molecule has 1 N–H and O–H groups in total. The highest BCUT2D eigenvalue weighted by atomic mass is 16.4. The van der Waals surface area contributed by atoms with E-state index in [-0.39, 0.29) is 5.78 Å². The van der Waals surface area contributed by atoms with Crippen LogP contribution in [0, 0.1) is 0 Å². The normalized spacial score (nSPS) is 18.4. The Hall–Kier alpha value is -1.12. The van der Waals surface area contributed by atoms with E-state index in [4.69, 9.17) is 5.11 Å². The number of allylic oxidation sites excluding steroid dienone is 1. The van der Waals surface area contributed by atoms with Crippen molar-refractivity contribution in [1.29, 1.82) is 0 Å². The van der Waals surface area contributed by atoms with Crippen LogP contribution in [0.15, 0.2) is 11.6 Å². The molecule has 0 saturated carbocycles. The lowest BCUT2D eigenvalue weighted by atomic mass is 9.99. The smallest absolute Gasteiger partial charge is 0.331 e. The van der Waals surface area contributed by atoms with Crippen LogP contribution in [0.3, 0.4) is 0 Å². The van der Waals surface area contributed by atoms with E-state index in [1.54, 1.807) is 0 Å². The molecule has 0 radical (unpaired) electrons. The van der Waals surface area contributed by atoms with Gasteiger partial charge < -0.3 is 5.11 Å². The Kier molecular flexibility index (Phi) is 1.85. The highest BCUT2D eigenvalue weighted by molar-refractivity contribution is 5.91. The van der Waals surface area contributed by atoms with Crippen LogP contribution in [0.5, 0.6) is 0 Å². The summed E-state index contributed by atoms with van der Waals surface area (Å²) in [4.78, 5) is 20.9. The predicted octanol–water partition coefficient (Wildman–Crippen LogP) is 0.750. The summed E-state index contributed by atoms with van der Waals surface area (Å²) < 4.78 is 0. The van der Waals surface area contributed by atoms with Crippen molar-refractivity contribution >= 4 is 11.8 Å². The zero-order chi connectivity index (χ0) is 7.56. The molecule has 0 aromatic heterocycles. The fourth-order valence-corrected chi connectivity index (χ4v) is 0.909. The molecule has 1 aliphatic carbocycles. The Labute approximate surface area is 58.4 Å². The Morgan fingerprint density at radius 2 is 2.20 bits per heavy atom. The van der Waals surface area contributed by atoms with Crippen molar-refractivity contribution in [2.45, 2.75) is 19.3 Å². The molecule has 3 nitrogen and oxygen atoms in total. The number of Topliss-reactive ketones (excluding diaryl/α,β-unsaturated/α-hetero) is 1. The lowest BCUT2D eigenvalue weighted by Gasteiger charge is -2.06. The molecule has 3 heteroatoms. The molecule has 0 aromatic carbocycles. The quantitative estimate of drug-likeness (QED) is 0.584. The van der Waals surface area contributed by atoms with Crippen molar-refractivity contribution in [2.24, 2.45) is 0 Å². The number of hydrogen-bond donors (Lipinski definition) is 1. The molecular weight excluding hydrogens is 132 g/mol. The van der Waals surface area contributed by atoms with Crippen LogP contribution in [0.25, 0.3) is 0 Å². The molecule has 10 heavy (non-hydrogen) atoms. The van der Waals surface area contributed by atoms with Gasteiger partial charge in [-0.05, 0) is 6.42 Å². The zero-order valence-electron chi connectivity index (χ0n) is 5.46. The summed E-state index contributed by atoms with van der Waals surface area (Å²) in [6.45, 7) is 0. The van der Waals surface area contributed by atoms with E-state index in [0.29, 0.717) is 24.8 Å². The zero-order valence-corrected chi connectivity index (χ0v) is 5.46. The fraction of sp³-hybridized carbons (Fsp3) is 0.429. The SMILES string of the molecule is O=C1CC=C(C(=O)O)CC1. The molecule has 0 atom stereocenters. The van der Waals surface area contributed by atoms with Gasteiger partial charge in [0.05, 0.1) is 0 Å². The number of hydrogen-bond acceptors (Lipinski definition) is 2. The highest BCUT2D eigenvalue weighted by Gasteiger charge is 2.14. The van der Waals surface area contributed by atoms with E-state index < -0.39 is 5.97 Å². The summed E-state index contributed by atoms with van der Waals surface area (Å²) >= 11 is 0. The average Bonchev–Trinajstić information content (AvgIpc) is 1.88. The van der Waals surface area contributed by atoms with Gasteiger partial charge >= 0.3 is 5.97 Å². The second-order valence-corrected chi connectivity index (χ2v) is 2.28. The van der Waals surface area contributed by atoms with Crippen molar-refractivity contribution in [2.75, 3.05) is 0 Å². The first-order valence-corrected chi connectivity index (χ1v) is 3.14. The van der Waals surface area contributed by atoms with Crippen molar-refractivity contribution in [3.05, 3.63) is 11.6 Å². The van der Waals surface area contributed by atoms with Gasteiger partial charge in [-0.1, -0.05) is 6.08 Å². The van der Waals surface area contributed by atoms with Gasteiger partial charge in [0, 0.05) is 18.4 Å². The minimum absolute atomic E-state index is 0.130. The van der Waals surface area contributed by atoms with E-state index in [0.717, 1.165) is 0 Å². The Morgan fingerprint density at radius 1 is 1.50 bits per heavy atom. The van der Waals surface area contributed by atoms with Crippen molar-refractivity contribution in [3.8, 4) is 0 Å². The molecule has 0 aromatic rings. The number of carboxylic acid groups (broad SMARTS) is 1. The van der Waals surface area contributed by atoms with E-state index >= 15 is 0 Å². The molecule has 0 heterocycles. The maximum atomic E-state index is 10.6. The number of carboxylic acids is 1. The van der Waals surface area contributed by atoms with E-state index in [2.05, 4.69) is 0 Å². The minimum Gasteiger partial charge on any atom is -0.478 e. The topological polar surface area (TPSA) is 54.4 Å². The van der Waals surface area contributed by atoms with Crippen LogP contribution >= 0.6 is 0 Å². The number of aliphatic carboxylic acids is 1. The maximum Gasteiger partial charge on any atom is 0.331 e. The van der Waals surface area contributed by atoms with Gasteiger partial charge in [-0.15, -0.1) is 0 Å². The van der Waals surface area contributed by atoms with Gasteiger partial charge in [-0.3, -0.25) is 4.79 Å². The van der Waals surface area contributed by atoms with E-state index in [1.165, 1.54) is 6.08 Å². The third-order valence-corrected chi connectivity index (χ3v) is 1.52. The molecule has 54 valence electrons. The Balaban J connectivity index is 2.65. The second-order valence-electron chi connectivity index (χ2n) is 2.28. The molecule has 0 saturated heterocycles. The second kappa shape index (κ2) is 2.64. The number of ketones is 1. The summed E-state index contributed by atoms with van der Waals surface area (Å²) in [5.41, 5.74) is 0.375. The summed E-state index contributed by atoms with van der Waals surface area (Å²) in [6, 6.07) is 0. The van der Waals surface area contributed by atoms with Crippen LogP contribution in [0.4, 0.5) is 0 Å². The molecule has 0 amide bonds. The monoisotopic (exact) mass is 140 g/mol. The number of carbonyl (C=O) groups excluding carboxylic acids is 1. The van der Waals surface area contributed by atoms with Crippen LogP contribution in [0.1, 0.15) is 19.3 Å². The summed E-state index contributed by atoms with van der Waals surface area (Å²) in [7, 11) is 0. The number of carbonyl (C=O) groups is 2. The van der Waals surface area contributed by atoms with Crippen LogP contribution in [-0.2, 0) is 9.59 Å². The van der Waals surface area contributed by atoms with E-state index in [1.807, 2.05) is 0 Å². The first-order chi connectivity index (χ1) is 4.70. The van der Waals surface area contributed by atoms with E-state index in [9.17, 15) is 9.59 Å². The van der Waals surface area contributed by atoms with Crippen LogP contribution in [-0.4, -0.2) is 16.9 Å². The molecule has 0 aliphatic heterocycles. The lowest BCUT2D eigenvalue weighted by molar-refractivity contribution is -0.133. The van der Waals surface area contributed by atoms with Crippen LogP contribution < -0.4 is 0 Å². The van der Waals surface area contributed by atoms with Crippen molar-refractivity contribution < 1.29 is 14.7 Å². The number of rotatable bonds is 1. The summed E-state index contributed by atoms with van der Waals surface area (Å²) in [5, 5.41) is 8.44. The van der Waals surface area contributed by atoms with Gasteiger partial charge in [0.1, 0.15) is 5.78 Å². The van der Waals surface area contributed by atoms with Crippen molar-refractivity contribution in [1.82, 2.24) is 0 Å². The van der Waals surface area contributed by atoms with Gasteiger partial charge in [0.25, 0.3) is 0 Å². The molecule has 0 spiro atoms.